The molecule has 0 unspecified atom stereocenters. The fourth-order valence-electron chi connectivity index (χ4n) is 1.58. The van der Waals surface area contributed by atoms with Crippen molar-refractivity contribution in [1.82, 2.24) is 20.0 Å². The lowest BCUT2D eigenvalue weighted by Gasteiger charge is -1.94. The summed E-state index contributed by atoms with van der Waals surface area (Å²) in [6.07, 6.45) is 1.62. The summed E-state index contributed by atoms with van der Waals surface area (Å²) in [4.78, 5) is 4.50. The van der Waals surface area contributed by atoms with Crippen LogP contribution in [0.25, 0.3) is 15.3 Å². The van der Waals surface area contributed by atoms with E-state index in [2.05, 4.69) is 15.3 Å². The van der Waals surface area contributed by atoms with Gasteiger partial charge in [0.1, 0.15) is 0 Å². The van der Waals surface area contributed by atoms with Gasteiger partial charge in [-0.3, -0.25) is 0 Å². The van der Waals surface area contributed by atoms with Gasteiger partial charge in [-0.15, -0.1) is 5.10 Å². The molecule has 0 aliphatic rings. The number of hydrogen-bond donors (Lipinski definition) is 0. The zero-order valence-corrected chi connectivity index (χ0v) is 11.0. The quantitative estimate of drug-likeness (QED) is 0.687. The lowest BCUT2D eigenvalue weighted by molar-refractivity contribution is 0.799. The fraction of sp³-hybridized carbons (Fsp3) is 0.100. The van der Waals surface area contributed by atoms with Crippen LogP contribution in [0.5, 0.6) is 0 Å². The highest BCUT2D eigenvalue weighted by Crippen LogP contribution is 2.29. The van der Waals surface area contributed by atoms with E-state index in [0.29, 0.717) is 10.2 Å². The number of rotatable bonds is 1. The molecule has 0 saturated carbocycles. The number of fused-ring (bicyclic) bond motifs is 1. The minimum Gasteiger partial charge on any atom is -0.218 e. The Kier molecular flexibility index (Phi) is 2.54. The first kappa shape index (κ1) is 11.0. The van der Waals surface area contributed by atoms with Gasteiger partial charge in [-0.25, -0.2) is 4.98 Å². The first-order valence-electron chi connectivity index (χ1n) is 4.78. The minimum atomic E-state index is 0.346. The topological polar surface area (TPSA) is 43.6 Å². The lowest BCUT2D eigenvalue weighted by atomic mass is 10.2. The molecule has 3 rings (SSSR count). The highest BCUT2D eigenvalue weighted by molar-refractivity contribution is 7.20. The van der Waals surface area contributed by atoms with Crippen molar-refractivity contribution in [3.63, 3.8) is 0 Å². The van der Waals surface area contributed by atoms with Crippen LogP contribution in [0.2, 0.25) is 10.2 Å². The smallest absolute Gasteiger partial charge is 0.212 e. The summed E-state index contributed by atoms with van der Waals surface area (Å²) >= 11 is 13.2. The third kappa shape index (κ3) is 1.90. The van der Waals surface area contributed by atoms with Crippen molar-refractivity contribution < 1.29 is 0 Å². The maximum atomic E-state index is 6.01. The van der Waals surface area contributed by atoms with Gasteiger partial charge in [0.05, 0.1) is 16.4 Å². The molecule has 7 heteroatoms. The van der Waals surface area contributed by atoms with Gasteiger partial charge in [0, 0.05) is 5.02 Å². The van der Waals surface area contributed by atoms with Crippen LogP contribution in [0.15, 0.2) is 18.3 Å². The highest BCUT2D eigenvalue weighted by Gasteiger charge is 2.10. The molecule has 0 aliphatic carbocycles. The van der Waals surface area contributed by atoms with Crippen molar-refractivity contribution in [3.8, 4) is 5.13 Å². The van der Waals surface area contributed by atoms with Crippen molar-refractivity contribution in [2.45, 2.75) is 6.92 Å². The van der Waals surface area contributed by atoms with Gasteiger partial charge < -0.3 is 0 Å². The summed E-state index contributed by atoms with van der Waals surface area (Å²) in [7, 11) is 0. The molecule has 0 spiro atoms. The van der Waals surface area contributed by atoms with E-state index in [-0.39, 0.29) is 0 Å². The third-order valence-electron chi connectivity index (χ3n) is 2.30. The van der Waals surface area contributed by atoms with Crippen LogP contribution < -0.4 is 0 Å². The Morgan fingerprint density at radius 2 is 2.12 bits per heavy atom. The van der Waals surface area contributed by atoms with Gasteiger partial charge in [0.15, 0.2) is 5.15 Å². The van der Waals surface area contributed by atoms with Crippen LogP contribution >= 0.6 is 34.5 Å². The number of halogens is 2. The predicted octanol–water partition coefficient (Wildman–Crippen LogP) is 3.49. The van der Waals surface area contributed by atoms with Crippen LogP contribution in [0, 0.1) is 6.92 Å². The predicted molar refractivity (Wildman–Crippen MR) is 69.3 cm³/mol. The first-order valence-corrected chi connectivity index (χ1v) is 6.35. The molecule has 3 aromatic rings. The summed E-state index contributed by atoms with van der Waals surface area (Å²) in [6.45, 7) is 1.98. The van der Waals surface area contributed by atoms with Crippen LogP contribution in [-0.4, -0.2) is 20.0 Å². The molecular weight excluding hydrogens is 279 g/mol. The molecule has 0 bridgehead atoms. The number of nitrogens with zero attached hydrogens (tertiary/aromatic N) is 4. The second kappa shape index (κ2) is 3.94. The van der Waals surface area contributed by atoms with E-state index in [1.165, 1.54) is 11.3 Å². The zero-order chi connectivity index (χ0) is 12.0. The van der Waals surface area contributed by atoms with Crippen molar-refractivity contribution in [2.24, 2.45) is 0 Å². The maximum absolute atomic E-state index is 6.01. The number of hydrogen-bond acceptors (Lipinski definition) is 4. The number of thiazole rings is 1. The van der Waals surface area contributed by atoms with E-state index >= 15 is 0 Å². The van der Waals surface area contributed by atoms with Crippen molar-refractivity contribution in [3.05, 3.63) is 34.1 Å². The summed E-state index contributed by atoms with van der Waals surface area (Å²) in [5.41, 5.74) is 1.97. The number of aromatic nitrogens is 4. The van der Waals surface area contributed by atoms with Crippen LogP contribution in [0.3, 0.4) is 0 Å². The average Bonchev–Trinajstić information content (AvgIpc) is 2.83. The summed E-state index contributed by atoms with van der Waals surface area (Å²) in [5.74, 6) is 0. The second-order valence-electron chi connectivity index (χ2n) is 3.55. The fourth-order valence-corrected chi connectivity index (χ4v) is 3.05. The minimum absolute atomic E-state index is 0.346. The first-order chi connectivity index (χ1) is 8.13. The van der Waals surface area contributed by atoms with E-state index in [4.69, 9.17) is 23.2 Å². The van der Waals surface area contributed by atoms with E-state index in [1.54, 1.807) is 10.9 Å². The number of aryl methyl sites for hydroxylation is 1. The monoisotopic (exact) mass is 284 g/mol. The van der Waals surface area contributed by atoms with Gasteiger partial charge in [0.2, 0.25) is 5.13 Å². The zero-order valence-electron chi connectivity index (χ0n) is 8.69. The Morgan fingerprint density at radius 1 is 1.29 bits per heavy atom. The van der Waals surface area contributed by atoms with Gasteiger partial charge in [0.25, 0.3) is 0 Å². The molecular formula is C10H6Cl2N4S. The molecule has 1 aromatic carbocycles. The largest absolute Gasteiger partial charge is 0.218 e. The molecule has 2 heterocycles. The number of benzene rings is 1. The Labute approximate surface area is 111 Å². The van der Waals surface area contributed by atoms with Gasteiger partial charge in [-0.05, 0) is 24.6 Å². The van der Waals surface area contributed by atoms with Crippen LogP contribution in [0.1, 0.15) is 5.56 Å². The van der Waals surface area contributed by atoms with Crippen LogP contribution in [0.4, 0.5) is 0 Å². The Balaban J connectivity index is 2.23. The molecule has 0 atom stereocenters. The van der Waals surface area contributed by atoms with E-state index in [9.17, 15) is 0 Å². The van der Waals surface area contributed by atoms with Crippen LogP contribution in [-0.2, 0) is 0 Å². The van der Waals surface area contributed by atoms with Crippen molar-refractivity contribution >= 4 is 44.8 Å². The third-order valence-corrected chi connectivity index (χ3v) is 3.68. The van der Waals surface area contributed by atoms with Crippen molar-refractivity contribution in [1.29, 1.82) is 0 Å². The summed E-state index contributed by atoms with van der Waals surface area (Å²) < 4.78 is 2.58. The van der Waals surface area contributed by atoms with Crippen molar-refractivity contribution in [2.75, 3.05) is 0 Å². The maximum Gasteiger partial charge on any atom is 0.212 e. The summed E-state index contributed by atoms with van der Waals surface area (Å²) in [6, 6.07) is 3.78. The summed E-state index contributed by atoms with van der Waals surface area (Å²) in [5, 5.41) is 9.39. The molecule has 0 N–H and O–H groups in total. The lowest BCUT2D eigenvalue weighted by Crippen LogP contribution is -1.93. The second-order valence-corrected chi connectivity index (χ2v) is 5.38. The Hall–Kier alpha value is -1.17. The van der Waals surface area contributed by atoms with E-state index in [1.807, 2.05) is 19.1 Å². The molecule has 0 radical (unpaired) electrons. The molecule has 0 aliphatic heterocycles. The average molecular weight is 285 g/mol. The normalized spacial score (nSPS) is 11.2. The van der Waals surface area contributed by atoms with E-state index < -0.39 is 0 Å². The van der Waals surface area contributed by atoms with E-state index in [0.717, 1.165) is 20.9 Å². The highest BCUT2D eigenvalue weighted by atomic mass is 35.5. The van der Waals surface area contributed by atoms with Gasteiger partial charge in [-0.1, -0.05) is 39.8 Å². The van der Waals surface area contributed by atoms with Gasteiger partial charge in [-0.2, -0.15) is 4.68 Å². The SMILES string of the molecule is Cc1cc(Cl)cc2sc(-n3cc(Cl)nn3)nc12. The Bertz CT molecular complexity index is 703. The molecule has 2 aromatic heterocycles. The molecule has 4 nitrogen and oxygen atoms in total. The molecule has 0 fully saturated rings. The molecule has 86 valence electrons. The molecule has 0 amide bonds. The Morgan fingerprint density at radius 3 is 2.82 bits per heavy atom. The van der Waals surface area contributed by atoms with Gasteiger partial charge >= 0.3 is 0 Å². The standard InChI is InChI=1S/C10H6Cl2N4S/c1-5-2-6(11)3-7-9(5)13-10(17-7)16-4-8(12)14-15-16/h2-4H,1H3. The molecule has 0 saturated heterocycles. The molecule has 17 heavy (non-hydrogen) atoms.